The topological polar surface area (TPSA) is 37.3 Å². The van der Waals surface area contributed by atoms with Crippen LogP contribution in [0.5, 0.6) is 0 Å². The maximum absolute atomic E-state index is 9.55. The van der Waals surface area contributed by atoms with Crippen molar-refractivity contribution in [2.45, 2.75) is 6.42 Å². The van der Waals surface area contributed by atoms with Crippen LogP contribution in [0.3, 0.4) is 0 Å². The van der Waals surface area contributed by atoms with Crippen LogP contribution in [0.1, 0.15) is 6.42 Å². The zero-order chi connectivity index (χ0) is 7.70. The molecule has 0 saturated carbocycles. The molecule has 0 aliphatic carbocycles. The fraction of sp³-hybridized carbons (Fsp3) is 0.667. The summed E-state index contributed by atoms with van der Waals surface area (Å²) in [6.07, 6.45) is 0.156. The first-order chi connectivity index (χ1) is 4.18. The molecule has 0 atom stereocenters. The van der Waals surface area contributed by atoms with Crippen LogP contribution in [0.4, 0.5) is 0 Å². The average Bonchev–Trinajstić information content (AvgIpc) is 1.67. The Labute approximate surface area is 88.9 Å². The first kappa shape index (κ1) is 13.5. The van der Waals surface area contributed by atoms with Crippen molar-refractivity contribution in [3.05, 3.63) is 0 Å². The van der Waals surface area contributed by atoms with Crippen LogP contribution < -0.4 is 0 Å². The summed E-state index contributed by atoms with van der Waals surface area (Å²) in [5.74, 6) is -0.361. The molecule has 0 unspecified atom stereocenters. The summed E-state index contributed by atoms with van der Waals surface area (Å²) in [5.41, 5.74) is 0. The summed E-state index contributed by atoms with van der Waals surface area (Å²) in [5, 5.41) is 7.86. The number of halogens is 2. The van der Waals surface area contributed by atoms with Crippen LogP contribution >= 0.6 is 52.1 Å². The molecule has 0 heterocycles. The normalized spacial score (nSPS) is 6.56. The number of hydrogen-bond acceptors (Lipinski definition) is 2. The van der Waals surface area contributed by atoms with Gasteiger partial charge in [-0.3, -0.25) is 4.79 Å². The molecule has 1 N–H and O–H groups in total. The Bertz CT molecular complexity index is 72.8. The first-order valence-electron chi connectivity index (χ1n) is 2.13. The van der Waals surface area contributed by atoms with E-state index in [1.165, 1.54) is 0 Å². The van der Waals surface area contributed by atoms with Crippen molar-refractivity contribution in [1.82, 2.24) is 0 Å². The van der Waals surface area contributed by atoms with Gasteiger partial charge in [0.25, 0.3) is 0 Å². The van der Waals surface area contributed by atoms with E-state index in [0.29, 0.717) is 5.75 Å². The molecule has 0 saturated heterocycles. The molecule has 0 rings (SSSR count). The number of carboxylic acids is 1. The molecule has 6 heteroatoms. The molecule has 0 spiro atoms. The summed E-state index contributed by atoms with van der Waals surface area (Å²) >= 11 is 8.60. The maximum atomic E-state index is 9.55. The zero-order valence-corrected chi connectivity index (χ0v) is 12.9. The Hall–Kier alpha value is 1.90. The van der Waals surface area contributed by atoms with E-state index in [2.05, 4.69) is 52.1 Å². The molecule has 0 aromatic heterocycles. The Morgan fingerprint density at radius 1 is 1.67 bits per heavy atom. The predicted octanol–water partition coefficient (Wildman–Crippen LogP) is 2.16. The van der Waals surface area contributed by atoms with Gasteiger partial charge in [0.1, 0.15) is 0 Å². The van der Waals surface area contributed by atoms with Gasteiger partial charge < -0.3 is 5.11 Å². The summed E-state index contributed by atoms with van der Waals surface area (Å²) in [4.78, 5) is 9.55. The predicted molar refractivity (Wildman–Crippen MR) is 54.1 cm³/mol. The molecule has 0 bridgehead atoms. The average molecular weight is 425 g/mol. The van der Waals surface area contributed by atoms with Gasteiger partial charge in [0.2, 0.25) is 0 Å². The molecule has 0 aromatic rings. The second-order valence-electron chi connectivity index (χ2n) is 0.968. The van der Waals surface area contributed by atoms with E-state index in [9.17, 15) is 4.79 Å². The van der Waals surface area contributed by atoms with Crippen molar-refractivity contribution in [3.63, 3.8) is 0 Å². The van der Waals surface area contributed by atoms with Crippen molar-refractivity contribution in [3.8, 4) is 0 Å². The van der Waals surface area contributed by atoms with E-state index < -0.39 is 5.97 Å². The quantitative estimate of drug-likeness (QED) is 0.404. The second kappa shape index (κ2) is 12.6. The van der Waals surface area contributed by atoms with Crippen molar-refractivity contribution in [1.29, 1.82) is 0 Å². The molecule has 0 aliphatic heterocycles. The van der Waals surface area contributed by atoms with Crippen LogP contribution in [-0.2, 0) is 14.9 Å². The molecule has 9 heavy (non-hydrogen) atoms. The van der Waals surface area contributed by atoms with Crippen LogP contribution in [0.25, 0.3) is 0 Å². The SMILES string of the molecule is O=C(O)CCS.[I][Zn][I]. The van der Waals surface area contributed by atoms with Crippen LogP contribution in [-0.4, -0.2) is 16.8 Å². The molecule has 0 aromatic carbocycles. The second-order valence-corrected chi connectivity index (χ2v) is 24.9. The third-order valence-corrected chi connectivity index (χ3v) is 0.549. The van der Waals surface area contributed by atoms with Gasteiger partial charge in [0, 0.05) is 5.75 Å². The van der Waals surface area contributed by atoms with E-state index >= 15 is 0 Å². The minimum atomic E-state index is -0.787. The Balaban J connectivity index is 0. The van der Waals surface area contributed by atoms with E-state index in [4.69, 9.17) is 5.11 Å². The monoisotopic (exact) mass is 424 g/mol. The number of hydrogen-bond donors (Lipinski definition) is 2. The summed E-state index contributed by atoms with van der Waals surface area (Å²) in [7, 11) is 0.0650. The van der Waals surface area contributed by atoms with Gasteiger partial charge in [-0.05, 0) is 0 Å². The van der Waals surface area contributed by atoms with Gasteiger partial charge >= 0.3 is 55.6 Å². The third-order valence-electron chi connectivity index (χ3n) is 0.326. The zero-order valence-electron chi connectivity index (χ0n) is 4.68. The number of carbonyl (C=O) groups is 1. The van der Waals surface area contributed by atoms with Crippen LogP contribution in [0, 0.1) is 0 Å². The van der Waals surface area contributed by atoms with E-state index in [1.807, 2.05) is 0 Å². The fourth-order valence-corrected chi connectivity index (χ4v) is 0.287. The van der Waals surface area contributed by atoms with Crippen molar-refractivity contribution >= 4 is 58.1 Å². The molecule has 0 amide bonds. The van der Waals surface area contributed by atoms with Gasteiger partial charge in [-0.1, -0.05) is 0 Å². The van der Waals surface area contributed by atoms with Crippen LogP contribution in [0.2, 0.25) is 0 Å². The first-order valence-corrected chi connectivity index (χ1v) is 20.9. The van der Waals surface area contributed by atoms with Gasteiger partial charge in [-0.15, -0.1) is 0 Å². The minimum absolute atomic E-state index is 0.0650. The standard InChI is InChI=1S/C3H6O2S.2HI.Zn/c4-3(5)1-2-6;;;/h6H,1-2H2,(H,4,5);2*1H;/q;;;+2/p-2. The molecule has 2 nitrogen and oxygen atoms in total. The van der Waals surface area contributed by atoms with E-state index in [1.54, 1.807) is 0 Å². The van der Waals surface area contributed by atoms with Crippen molar-refractivity contribution in [2.24, 2.45) is 0 Å². The van der Waals surface area contributed by atoms with Crippen molar-refractivity contribution < 1.29 is 20.0 Å². The van der Waals surface area contributed by atoms with Gasteiger partial charge in [-0.2, -0.15) is 12.6 Å². The molecular weight excluding hydrogens is 419 g/mol. The molecule has 0 radical (unpaired) electrons. The van der Waals surface area contributed by atoms with E-state index in [-0.39, 0.29) is 16.5 Å². The summed E-state index contributed by atoms with van der Waals surface area (Å²) in [6, 6.07) is 0. The van der Waals surface area contributed by atoms with Gasteiger partial charge in [0.05, 0.1) is 6.42 Å². The summed E-state index contributed by atoms with van der Waals surface area (Å²) in [6.45, 7) is 0. The Morgan fingerprint density at radius 3 is 2.00 bits per heavy atom. The van der Waals surface area contributed by atoms with Gasteiger partial charge in [0.15, 0.2) is 0 Å². The van der Waals surface area contributed by atoms with Gasteiger partial charge in [-0.25, -0.2) is 0 Å². The van der Waals surface area contributed by atoms with Crippen molar-refractivity contribution in [2.75, 3.05) is 5.75 Å². The Morgan fingerprint density at radius 2 is 2.00 bits per heavy atom. The molecule has 0 fully saturated rings. The fourth-order valence-electron chi connectivity index (χ4n) is 0.0956. The third kappa shape index (κ3) is 25.7. The van der Waals surface area contributed by atoms with E-state index in [0.717, 1.165) is 0 Å². The summed E-state index contributed by atoms with van der Waals surface area (Å²) < 4.78 is 0. The number of aliphatic carboxylic acids is 1. The Kier molecular flexibility index (Phi) is 18.8. The van der Waals surface area contributed by atoms with Crippen LogP contribution in [0.15, 0.2) is 0 Å². The molecular formula is C3H6I2O2SZn. The number of thiol groups is 1. The molecule has 0 aliphatic rings. The number of carboxylic acid groups (broad SMARTS) is 1. The molecule has 52 valence electrons. The number of rotatable bonds is 2.